The van der Waals surface area contributed by atoms with E-state index in [-0.39, 0.29) is 12.5 Å². The summed E-state index contributed by atoms with van der Waals surface area (Å²) in [7, 11) is 1.60. The van der Waals surface area contributed by atoms with Gasteiger partial charge in [-0.3, -0.25) is 4.79 Å². The normalized spacial score (nSPS) is 9.90. The molecule has 0 fully saturated rings. The number of carbonyl (C=O) groups excluding carboxylic acids is 1. The van der Waals surface area contributed by atoms with Gasteiger partial charge in [-0.15, -0.1) is 0 Å². The van der Waals surface area contributed by atoms with Gasteiger partial charge in [0.2, 0.25) is 5.91 Å². The first-order chi connectivity index (χ1) is 9.67. The number of amides is 1. The quantitative estimate of drug-likeness (QED) is 0.780. The van der Waals surface area contributed by atoms with Gasteiger partial charge >= 0.3 is 0 Å². The summed E-state index contributed by atoms with van der Waals surface area (Å²) < 4.78 is 6.24. The lowest BCUT2D eigenvalue weighted by Crippen LogP contribution is -2.21. The summed E-state index contributed by atoms with van der Waals surface area (Å²) in [5.74, 6) is 0.616. The van der Waals surface area contributed by atoms with Crippen LogP contribution in [0.5, 0.6) is 5.75 Å². The Labute approximate surface area is 131 Å². The molecule has 20 heavy (non-hydrogen) atoms. The van der Waals surface area contributed by atoms with Crippen molar-refractivity contribution in [3.05, 3.63) is 52.1 Å². The number of halogens is 1. The van der Waals surface area contributed by atoms with Crippen molar-refractivity contribution >= 4 is 39.9 Å². The number of methoxy groups -OCH3 is 1. The summed E-state index contributed by atoms with van der Waals surface area (Å²) in [6.07, 6.45) is 0. The van der Waals surface area contributed by atoms with Gasteiger partial charge in [-0.05, 0) is 52.9 Å². The van der Waals surface area contributed by atoms with E-state index in [1.807, 2.05) is 42.5 Å². The van der Waals surface area contributed by atoms with E-state index in [1.165, 1.54) is 0 Å². The van der Waals surface area contributed by atoms with Crippen LogP contribution in [0.15, 0.2) is 48.5 Å². The lowest BCUT2D eigenvalue weighted by atomic mass is 10.3. The van der Waals surface area contributed by atoms with Crippen LogP contribution in [0.25, 0.3) is 0 Å². The first-order valence-electron chi connectivity index (χ1n) is 6.11. The highest BCUT2D eigenvalue weighted by Crippen LogP contribution is 2.16. The smallest absolute Gasteiger partial charge is 0.243 e. The Bertz CT molecular complexity index is 602. The second-order valence-corrected chi connectivity index (χ2v) is 5.39. The van der Waals surface area contributed by atoms with Crippen molar-refractivity contribution in [2.45, 2.75) is 0 Å². The minimum Gasteiger partial charge on any atom is -0.497 e. The van der Waals surface area contributed by atoms with Crippen molar-refractivity contribution in [1.82, 2.24) is 0 Å². The molecule has 0 heterocycles. The molecule has 0 radical (unpaired) electrons. The zero-order chi connectivity index (χ0) is 14.4. The van der Waals surface area contributed by atoms with Gasteiger partial charge in [0.15, 0.2) is 0 Å². The number of carbonyl (C=O) groups is 1. The molecule has 0 spiro atoms. The predicted octanol–water partition coefficient (Wildman–Crippen LogP) is 3.35. The van der Waals surface area contributed by atoms with Crippen molar-refractivity contribution < 1.29 is 9.53 Å². The molecule has 0 aromatic heterocycles. The topological polar surface area (TPSA) is 50.4 Å². The van der Waals surface area contributed by atoms with Gasteiger partial charge in [-0.1, -0.05) is 12.1 Å². The van der Waals surface area contributed by atoms with E-state index in [4.69, 9.17) is 4.74 Å². The van der Waals surface area contributed by atoms with E-state index < -0.39 is 0 Å². The van der Waals surface area contributed by atoms with E-state index in [9.17, 15) is 4.79 Å². The fourth-order valence-electron chi connectivity index (χ4n) is 1.69. The Hall–Kier alpha value is -1.76. The van der Waals surface area contributed by atoms with Crippen molar-refractivity contribution in [3.63, 3.8) is 0 Å². The van der Waals surface area contributed by atoms with Crippen LogP contribution in [-0.4, -0.2) is 19.6 Å². The fourth-order valence-corrected chi connectivity index (χ4v) is 2.23. The zero-order valence-corrected chi connectivity index (χ0v) is 13.2. The minimum atomic E-state index is -0.0999. The highest BCUT2D eigenvalue weighted by Gasteiger charge is 2.03. The molecule has 0 aliphatic carbocycles. The number of hydrogen-bond acceptors (Lipinski definition) is 3. The Balaban J connectivity index is 1.89. The zero-order valence-electron chi connectivity index (χ0n) is 11.0. The van der Waals surface area contributed by atoms with Crippen molar-refractivity contribution in [1.29, 1.82) is 0 Å². The number of benzene rings is 2. The lowest BCUT2D eigenvalue weighted by molar-refractivity contribution is -0.114. The van der Waals surface area contributed by atoms with E-state index in [1.54, 1.807) is 13.2 Å². The maximum Gasteiger partial charge on any atom is 0.243 e. The summed E-state index contributed by atoms with van der Waals surface area (Å²) in [6.45, 7) is 0.220. The highest BCUT2D eigenvalue weighted by atomic mass is 127. The SMILES string of the molecule is COc1cccc(NC(=O)CNc2cccc(I)c2)c1. The molecule has 4 nitrogen and oxygen atoms in total. The summed E-state index contributed by atoms with van der Waals surface area (Å²) in [5, 5.41) is 5.90. The third kappa shape index (κ3) is 4.41. The second-order valence-electron chi connectivity index (χ2n) is 4.14. The van der Waals surface area contributed by atoms with Gasteiger partial charge in [-0.2, -0.15) is 0 Å². The number of hydrogen-bond donors (Lipinski definition) is 2. The molecule has 2 aromatic carbocycles. The van der Waals surface area contributed by atoms with Crippen molar-refractivity contribution in [3.8, 4) is 5.75 Å². The lowest BCUT2D eigenvalue weighted by Gasteiger charge is -2.09. The van der Waals surface area contributed by atoms with Gasteiger partial charge in [0.05, 0.1) is 13.7 Å². The Morgan fingerprint density at radius 2 is 1.90 bits per heavy atom. The summed E-state index contributed by atoms with van der Waals surface area (Å²) in [6, 6.07) is 15.1. The standard InChI is InChI=1S/C15H15IN2O2/c1-20-14-7-3-6-13(9-14)18-15(19)10-17-12-5-2-4-11(16)8-12/h2-9,17H,10H2,1H3,(H,18,19). The van der Waals surface area contributed by atoms with Crippen LogP contribution < -0.4 is 15.4 Å². The molecule has 104 valence electrons. The molecule has 0 aliphatic rings. The second kappa shape index (κ2) is 7.14. The first kappa shape index (κ1) is 14.6. The molecule has 0 bridgehead atoms. The molecule has 1 amide bonds. The van der Waals surface area contributed by atoms with Crippen molar-refractivity contribution in [2.75, 3.05) is 24.3 Å². The third-order valence-electron chi connectivity index (χ3n) is 2.63. The molecule has 5 heteroatoms. The van der Waals surface area contributed by atoms with Crippen LogP contribution >= 0.6 is 22.6 Å². The minimum absolute atomic E-state index is 0.0999. The van der Waals surface area contributed by atoms with Gasteiger partial charge in [-0.25, -0.2) is 0 Å². The molecule has 0 atom stereocenters. The Morgan fingerprint density at radius 1 is 1.15 bits per heavy atom. The molecular weight excluding hydrogens is 367 g/mol. The predicted molar refractivity (Wildman–Crippen MR) is 89.3 cm³/mol. The van der Waals surface area contributed by atoms with Gasteiger partial charge in [0.1, 0.15) is 5.75 Å². The number of anilines is 2. The van der Waals surface area contributed by atoms with Gasteiger partial charge < -0.3 is 15.4 Å². The van der Waals surface area contributed by atoms with E-state index in [2.05, 4.69) is 33.2 Å². The molecule has 2 aromatic rings. The van der Waals surface area contributed by atoms with Crippen LogP contribution in [-0.2, 0) is 4.79 Å². The molecule has 2 N–H and O–H groups in total. The average Bonchev–Trinajstić information content (AvgIpc) is 2.45. The van der Waals surface area contributed by atoms with E-state index >= 15 is 0 Å². The Kier molecular flexibility index (Phi) is 5.23. The van der Waals surface area contributed by atoms with Gasteiger partial charge in [0, 0.05) is 21.0 Å². The van der Waals surface area contributed by atoms with E-state index in [0.29, 0.717) is 5.75 Å². The molecular formula is C15H15IN2O2. The summed E-state index contributed by atoms with van der Waals surface area (Å²) in [4.78, 5) is 11.9. The summed E-state index contributed by atoms with van der Waals surface area (Å²) in [5.41, 5.74) is 1.65. The average molecular weight is 382 g/mol. The van der Waals surface area contributed by atoms with Crippen LogP contribution in [0.1, 0.15) is 0 Å². The van der Waals surface area contributed by atoms with Crippen LogP contribution in [0, 0.1) is 3.57 Å². The van der Waals surface area contributed by atoms with E-state index in [0.717, 1.165) is 14.9 Å². The fraction of sp³-hybridized carbons (Fsp3) is 0.133. The molecule has 2 rings (SSSR count). The number of nitrogens with one attached hydrogen (secondary N) is 2. The largest absolute Gasteiger partial charge is 0.497 e. The third-order valence-corrected chi connectivity index (χ3v) is 3.30. The number of rotatable bonds is 5. The van der Waals surface area contributed by atoms with Gasteiger partial charge in [0.25, 0.3) is 0 Å². The van der Waals surface area contributed by atoms with Crippen LogP contribution in [0.2, 0.25) is 0 Å². The highest BCUT2D eigenvalue weighted by molar-refractivity contribution is 14.1. The molecule has 0 saturated carbocycles. The summed E-state index contributed by atoms with van der Waals surface area (Å²) >= 11 is 2.23. The van der Waals surface area contributed by atoms with Crippen LogP contribution in [0.4, 0.5) is 11.4 Å². The maximum absolute atomic E-state index is 11.9. The Morgan fingerprint density at radius 3 is 2.65 bits per heavy atom. The number of ether oxygens (including phenoxy) is 1. The monoisotopic (exact) mass is 382 g/mol. The molecule has 0 saturated heterocycles. The van der Waals surface area contributed by atoms with Crippen LogP contribution in [0.3, 0.4) is 0 Å². The first-order valence-corrected chi connectivity index (χ1v) is 7.18. The molecule has 0 aliphatic heterocycles. The van der Waals surface area contributed by atoms with Crippen molar-refractivity contribution in [2.24, 2.45) is 0 Å². The molecule has 0 unspecified atom stereocenters. The maximum atomic E-state index is 11.9.